The van der Waals surface area contributed by atoms with Crippen molar-refractivity contribution in [1.29, 1.82) is 0 Å². The summed E-state index contributed by atoms with van der Waals surface area (Å²) in [4.78, 5) is 0. The van der Waals surface area contributed by atoms with Gasteiger partial charge in [0, 0.05) is 11.9 Å². The van der Waals surface area contributed by atoms with E-state index in [0.717, 1.165) is 0 Å². The van der Waals surface area contributed by atoms with Crippen molar-refractivity contribution in [3.05, 3.63) is 0 Å². The van der Waals surface area contributed by atoms with Gasteiger partial charge in [-0.3, -0.25) is 0 Å². The van der Waals surface area contributed by atoms with Gasteiger partial charge in [0.2, 0.25) is 0 Å². The van der Waals surface area contributed by atoms with Gasteiger partial charge in [0.25, 0.3) is 0 Å². The molecule has 0 rings (SSSR count). The van der Waals surface area contributed by atoms with Gasteiger partial charge in [-0.2, -0.15) is 12.6 Å². The summed E-state index contributed by atoms with van der Waals surface area (Å²) in [6.07, 6.45) is 0.271. The molecule has 0 aromatic heterocycles. The van der Waals surface area contributed by atoms with Gasteiger partial charge in [-0.25, -0.2) is 0 Å². The molecule has 0 amide bonds. The van der Waals surface area contributed by atoms with Crippen LogP contribution in [0.1, 0.15) is 27.2 Å². The van der Waals surface area contributed by atoms with E-state index >= 15 is 0 Å². The zero-order chi connectivity index (χ0) is 11.9. The summed E-state index contributed by atoms with van der Waals surface area (Å²) in [7, 11) is 0. The van der Waals surface area contributed by atoms with Crippen LogP contribution in [0.5, 0.6) is 0 Å². The van der Waals surface area contributed by atoms with Crippen LogP contribution in [-0.4, -0.2) is 40.4 Å². The van der Waals surface area contributed by atoms with Crippen molar-refractivity contribution < 1.29 is 14.9 Å². The highest BCUT2D eigenvalue weighted by Crippen LogP contribution is 2.07. The summed E-state index contributed by atoms with van der Waals surface area (Å²) >= 11 is 4.25. The SMILES string of the molecule is C[C@@H](S)[C@@H](C#CC(C)(C)O)OCCCO. The summed E-state index contributed by atoms with van der Waals surface area (Å²) in [5.74, 6) is 5.54. The molecule has 4 heteroatoms. The van der Waals surface area contributed by atoms with E-state index in [1.165, 1.54) is 0 Å². The lowest BCUT2D eigenvalue weighted by atomic mass is 10.1. The van der Waals surface area contributed by atoms with Gasteiger partial charge in [0.1, 0.15) is 11.7 Å². The van der Waals surface area contributed by atoms with Crippen molar-refractivity contribution in [1.82, 2.24) is 0 Å². The molecule has 0 aromatic carbocycles. The van der Waals surface area contributed by atoms with Crippen LogP contribution >= 0.6 is 12.6 Å². The zero-order valence-corrected chi connectivity index (χ0v) is 10.4. The van der Waals surface area contributed by atoms with E-state index < -0.39 is 5.60 Å². The highest BCUT2D eigenvalue weighted by Gasteiger charge is 2.13. The van der Waals surface area contributed by atoms with Crippen molar-refractivity contribution in [2.24, 2.45) is 0 Å². The van der Waals surface area contributed by atoms with E-state index in [1.807, 2.05) is 6.92 Å². The molecule has 0 aliphatic rings. The summed E-state index contributed by atoms with van der Waals surface area (Å²) in [5, 5.41) is 18.0. The van der Waals surface area contributed by atoms with Gasteiger partial charge >= 0.3 is 0 Å². The highest BCUT2D eigenvalue weighted by atomic mass is 32.1. The van der Waals surface area contributed by atoms with Crippen molar-refractivity contribution in [2.45, 2.75) is 44.1 Å². The molecule has 2 atom stereocenters. The molecular weight excluding hydrogens is 212 g/mol. The zero-order valence-electron chi connectivity index (χ0n) is 9.53. The van der Waals surface area contributed by atoms with Crippen LogP contribution in [0, 0.1) is 11.8 Å². The molecule has 88 valence electrons. The molecule has 3 nitrogen and oxygen atoms in total. The second-order valence-corrected chi connectivity index (χ2v) is 4.75. The molecule has 0 bridgehead atoms. The Morgan fingerprint density at radius 2 is 2.07 bits per heavy atom. The summed E-state index contributed by atoms with van der Waals surface area (Å²) < 4.78 is 5.42. The number of hydrogen-bond donors (Lipinski definition) is 3. The lowest BCUT2D eigenvalue weighted by Crippen LogP contribution is -2.23. The molecule has 15 heavy (non-hydrogen) atoms. The summed E-state index contributed by atoms with van der Waals surface area (Å²) in [5.41, 5.74) is -1.01. The summed E-state index contributed by atoms with van der Waals surface area (Å²) in [6, 6.07) is 0. The largest absolute Gasteiger partial charge is 0.396 e. The van der Waals surface area contributed by atoms with E-state index in [2.05, 4.69) is 24.5 Å². The standard InChI is InChI=1S/C11H20O3S/c1-9(15)10(14-8-4-7-12)5-6-11(2,3)13/h9-10,12-13,15H,4,7-8H2,1-3H3/t9-,10-/m1/s1. The summed E-state index contributed by atoms with van der Waals surface area (Å²) in [6.45, 7) is 5.67. The first-order valence-electron chi connectivity index (χ1n) is 5.02. The first-order chi connectivity index (χ1) is 6.87. The fraction of sp³-hybridized carbons (Fsp3) is 0.818. The van der Waals surface area contributed by atoms with Gasteiger partial charge in [-0.1, -0.05) is 18.8 Å². The molecule has 0 radical (unpaired) electrons. The molecule has 0 unspecified atom stereocenters. The Morgan fingerprint density at radius 1 is 1.47 bits per heavy atom. The van der Waals surface area contributed by atoms with Gasteiger partial charge in [0.15, 0.2) is 0 Å². The van der Waals surface area contributed by atoms with E-state index in [9.17, 15) is 5.11 Å². The maximum atomic E-state index is 9.43. The van der Waals surface area contributed by atoms with E-state index in [1.54, 1.807) is 13.8 Å². The van der Waals surface area contributed by atoms with Crippen molar-refractivity contribution in [2.75, 3.05) is 13.2 Å². The Kier molecular flexibility index (Phi) is 7.03. The van der Waals surface area contributed by atoms with Crippen LogP contribution in [0.15, 0.2) is 0 Å². The minimum atomic E-state index is -1.01. The molecule has 0 saturated heterocycles. The molecule has 0 aromatic rings. The topological polar surface area (TPSA) is 49.7 Å². The molecule has 0 spiro atoms. The van der Waals surface area contributed by atoms with Crippen LogP contribution in [0.2, 0.25) is 0 Å². The quantitative estimate of drug-likeness (QED) is 0.374. The number of rotatable bonds is 5. The van der Waals surface area contributed by atoms with Crippen LogP contribution in [0.3, 0.4) is 0 Å². The first kappa shape index (κ1) is 14.8. The highest BCUT2D eigenvalue weighted by molar-refractivity contribution is 7.81. The van der Waals surface area contributed by atoms with E-state index in [-0.39, 0.29) is 18.0 Å². The normalized spacial score (nSPS) is 15.3. The molecule has 0 aliphatic heterocycles. The Hall–Kier alpha value is -0.210. The van der Waals surface area contributed by atoms with Crippen molar-refractivity contribution >= 4 is 12.6 Å². The third kappa shape index (κ3) is 8.76. The van der Waals surface area contributed by atoms with Crippen molar-refractivity contribution in [3.8, 4) is 11.8 Å². The average Bonchev–Trinajstić information content (AvgIpc) is 2.08. The number of thiol groups is 1. The maximum Gasteiger partial charge on any atom is 0.129 e. The van der Waals surface area contributed by atoms with Gasteiger partial charge in [-0.15, -0.1) is 0 Å². The molecule has 2 N–H and O–H groups in total. The second kappa shape index (κ2) is 7.13. The fourth-order valence-electron chi connectivity index (χ4n) is 0.824. The Labute approximate surface area is 97.2 Å². The molecule has 0 aliphatic carbocycles. The number of aliphatic hydroxyl groups excluding tert-OH is 1. The first-order valence-corrected chi connectivity index (χ1v) is 5.54. The van der Waals surface area contributed by atoms with Crippen LogP contribution in [-0.2, 0) is 4.74 Å². The third-order valence-electron chi connectivity index (χ3n) is 1.56. The van der Waals surface area contributed by atoms with Gasteiger partial charge < -0.3 is 14.9 Å². The van der Waals surface area contributed by atoms with E-state index in [0.29, 0.717) is 13.0 Å². The molecule has 0 fully saturated rings. The second-order valence-electron chi connectivity index (χ2n) is 3.94. The molecule has 0 saturated carbocycles. The van der Waals surface area contributed by atoms with Gasteiger partial charge in [0.05, 0.1) is 6.61 Å². The van der Waals surface area contributed by atoms with Crippen molar-refractivity contribution in [3.63, 3.8) is 0 Å². The average molecular weight is 232 g/mol. The molecular formula is C11H20O3S. The van der Waals surface area contributed by atoms with E-state index in [4.69, 9.17) is 9.84 Å². The predicted molar refractivity (Wildman–Crippen MR) is 64.0 cm³/mol. The number of hydrogen-bond acceptors (Lipinski definition) is 4. The van der Waals surface area contributed by atoms with Gasteiger partial charge in [-0.05, 0) is 20.3 Å². The smallest absolute Gasteiger partial charge is 0.129 e. The number of ether oxygens (including phenoxy) is 1. The minimum absolute atomic E-state index is 0.0291. The molecule has 0 heterocycles. The predicted octanol–water partition coefficient (Wildman–Crippen LogP) is 0.847. The Balaban J connectivity index is 4.20. The van der Waals surface area contributed by atoms with Crippen LogP contribution in [0.25, 0.3) is 0 Å². The maximum absolute atomic E-state index is 9.43. The Bertz CT molecular complexity index is 222. The monoisotopic (exact) mass is 232 g/mol. The lowest BCUT2D eigenvalue weighted by Gasteiger charge is -2.16. The van der Waals surface area contributed by atoms with Crippen LogP contribution < -0.4 is 0 Å². The Morgan fingerprint density at radius 3 is 2.47 bits per heavy atom. The minimum Gasteiger partial charge on any atom is -0.396 e. The fourth-order valence-corrected chi connectivity index (χ4v) is 0.985. The number of aliphatic hydroxyl groups is 2. The third-order valence-corrected chi connectivity index (χ3v) is 1.83. The van der Waals surface area contributed by atoms with Crippen LogP contribution in [0.4, 0.5) is 0 Å². The lowest BCUT2D eigenvalue weighted by molar-refractivity contribution is 0.0788.